The highest BCUT2D eigenvalue weighted by Crippen LogP contribution is 2.21. The third-order valence-electron chi connectivity index (χ3n) is 4.74. The third kappa shape index (κ3) is 5.28. The zero-order valence-electron chi connectivity index (χ0n) is 16.3. The van der Waals surface area contributed by atoms with Crippen LogP contribution in [-0.2, 0) is 21.0 Å². The maximum absolute atomic E-state index is 11.8. The van der Waals surface area contributed by atoms with Gasteiger partial charge in [-0.2, -0.15) is 0 Å². The van der Waals surface area contributed by atoms with Crippen LogP contribution in [0.4, 0.5) is 0 Å². The largest absolute Gasteiger partial charge is 0.334 e. The van der Waals surface area contributed by atoms with Gasteiger partial charge in [-0.3, -0.25) is 9.48 Å². The molecule has 3 rings (SSSR count). The van der Waals surface area contributed by atoms with Crippen molar-refractivity contribution in [3.8, 4) is 11.3 Å². The molecule has 2 aromatic rings. The third-order valence-corrected chi connectivity index (χ3v) is 4.74. The molecule has 1 fully saturated rings. The maximum Gasteiger partial charge on any atom is 0.333 e. The van der Waals surface area contributed by atoms with Gasteiger partial charge in [-0.05, 0) is 26.2 Å². The minimum Gasteiger partial charge on any atom is -0.334 e. The molecular weight excluding hydrogens is 356 g/mol. The Morgan fingerprint density at radius 3 is 2.61 bits per heavy atom. The molecule has 148 valence electrons. The van der Waals surface area contributed by atoms with Gasteiger partial charge in [0.2, 0.25) is 0 Å². The zero-order chi connectivity index (χ0) is 19.9. The number of carbonyl (C=O) groups excluding carboxylic acids is 2. The average molecular weight is 382 g/mol. The molecule has 1 aliphatic heterocycles. The molecule has 7 heteroatoms. The van der Waals surface area contributed by atoms with Gasteiger partial charge in [-0.1, -0.05) is 54.5 Å². The first kappa shape index (κ1) is 19.8. The average Bonchev–Trinajstić information content (AvgIpc) is 3.27. The van der Waals surface area contributed by atoms with Crippen molar-refractivity contribution in [2.24, 2.45) is 0 Å². The first-order valence-corrected chi connectivity index (χ1v) is 9.71. The fourth-order valence-corrected chi connectivity index (χ4v) is 3.05. The van der Waals surface area contributed by atoms with Crippen LogP contribution in [0.1, 0.15) is 50.5 Å². The van der Waals surface area contributed by atoms with E-state index in [0.29, 0.717) is 25.0 Å². The number of allylic oxidation sites excluding steroid dienone is 1. The van der Waals surface area contributed by atoms with Crippen LogP contribution in [-0.4, -0.2) is 31.9 Å². The van der Waals surface area contributed by atoms with E-state index in [1.54, 1.807) is 0 Å². The molecule has 0 spiro atoms. The maximum atomic E-state index is 11.8. The van der Waals surface area contributed by atoms with Crippen molar-refractivity contribution in [1.29, 1.82) is 0 Å². The van der Waals surface area contributed by atoms with Crippen LogP contribution in [0.25, 0.3) is 11.3 Å². The fraction of sp³-hybridized carbons (Fsp3) is 0.429. The van der Waals surface area contributed by atoms with E-state index in [0.717, 1.165) is 48.5 Å². The van der Waals surface area contributed by atoms with Gasteiger partial charge in [0.05, 0.1) is 11.9 Å². The number of unbranched alkanes of at least 4 members (excludes halogenated alkanes) is 3. The van der Waals surface area contributed by atoms with Crippen molar-refractivity contribution in [3.05, 3.63) is 48.3 Å². The summed E-state index contributed by atoms with van der Waals surface area (Å²) in [6.07, 6.45) is 6.79. The SMILES string of the molecule is C=C1CCC(=O)N1OC(=O)CCCCCCn1cc(-c2ccc(C)cc2)nn1. The molecule has 0 bridgehead atoms. The predicted octanol–water partition coefficient (Wildman–Crippen LogP) is 3.80. The highest BCUT2D eigenvalue weighted by atomic mass is 16.7. The molecule has 0 atom stereocenters. The Morgan fingerprint density at radius 2 is 1.89 bits per heavy atom. The van der Waals surface area contributed by atoms with E-state index in [9.17, 15) is 9.59 Å². The lowest BCUT2D eigenvalue weighted by molar-refractivity contribution is -0.186. The Labute approximate surface area is 164 Å². The minimum absolute atomic E-state index is 0.198. The van der Waals surface area contributed by atoms with Gasteiger partial charge in [-0.25, -0.2) is 4.79 Å². The van der Waals surface area contributed by atoms with Gasteiger partial charge in [0.25, 0.3) is 5.91 Å². The monoisotopic (exact) mass is 382 g/mol. The lowest BCUT2D eigenvalue weighted by Crippen LogP contribution is -2.26. The van der Waals surface area contributed by atoms with Crippen LogP contribution in [0, 0.1) is 6.92 Å². The Bertz CT molecular complexity index is 826. The highest BCUT2D eigenvalue weighted by molar-refractivity contribution is 5.82. The van der Waals surface area contributed by atoms with Crippen molar-refractivity contribution in [2.45, 2.75) is 58.4 Å². The fourth-order valence-electron chi connectivity index (χ4n) is 3.05. The second-order valence-electron chi connectivity index (χ2n) is 7.11. The molecule has 1 amide bonds. The summed E-state index contributed by atoms with van der Waals surface area (Å²) in [7, 11) is 0. The summed E-state index contributed by atoms with van der Waals surface area (Å²) in [4.78, 5) is 28.5. The van der Waals surface area contributed by atoms with Gasteiger partial charge in [0.1, 0.15) is 5.69 Å². The Morgan fingerprint density at radius 1 is 1.14 bits per heavy atom. The number of carbonyl (C=O) groups is 2. The van der Waals surface area contributed by atoms with Crippen molar-refractivity contribution in [3.63, 3.8) is 0 Å². The van der Waals surface area contributed by atoms with Crippen LogP contribution in [0.2, 0.25) is 0 Å². The molecule has 0 aliphatic carbocycles. The van der Waals surface area contributed by atoms with Crippen molar-refractivity contribution in [2.75, 3.05) is 0 Å². The minimum atomic E-state index is -0.379. The standard InChI is InChI=1S/C21H26N4O3/c1-16-8-11-18(12-9-16)19-15-24(23-22-19)14-6-4-3-5-7-21(27)28-25-17(2)10-13-20(25)26/h8-9,11-12,15H,2-7,10,13-14H2,1H3. The zero-order valence-corrected chi connectivity index (χ0v) is 16.3. The van der Waals surface area contributed by atoms with E-state index in [4.69, 9.17) is 4.84 Å². The number of hydroxylamine groups is 2. The number of aromatic nitrogens is 3. The first-order valence-electron chi connectivity index (χ1n) is 9.71. The Kier molecular flexibility index (Phi) is 6.57. The molecule has 2 heterocycles. The highest BCUT2D eigenvalue weighted by Gasteiger charge is 2.27. The molecular formula is C21H26N4O3. The van der Waals surface area contributed by atoms with Crippen molar-refractivity contribution < 1.29 is 14.4 Å². The molecule has 0 N–H and O–H groups in total. The van der Waals surface area contributed by atoms with Crippen molar-refractivity contribution >= 4 is 11.9 Å². The van der Waals surface area contributed by atoms with E-state index >= 15 is 0 Å². The number of nitrogens with zero attached hydrogens (tertiary/aromatic N) is 4. The van der Waals surface area contributed by atoms with E-state index in [2.05, 4.69) is 35.9 Å². The smallest absolute Gasteiger partial charge is 0.333 e. The number of aryl methyl sites for hydroxylation is 2. The summed E-state index contributed by atoms with van der Waals surface area (Å²) in [5, 5.41) is 9.45. The predicted molar refractivity (Wildman–Crippen MR) is 105 cm³/mol. The Balaban J connectivity index is 1.31. The number of rotatable bonds is 9. The summed E-state index contributed by atoms with van der Waals surface area (Å²) in [5.41, 5.74) is 3.71. The van der Waals surface area contributed by atoms with E-state index in [-0.39, 0.29) is 11.9 Å². The van der Waals surface area contributed by atoms with Crippen LogP contribution in [0.5, 0.6) is 0 Å². The van der Waals surface area contributed by atoms with Gasteiger partial charge in [0.15, 0.2) is 0 Å². The molecule has 1 saturated heterocycles. The number of amides is 1. The van der Waals surface area contributed by atoms with E-state index in [1.807, 2.05) is 23.0 Å². The summed E-state index contributed by atoms with van der Waals surface area (Å²) in [6.45, 7) is 6.58. The summed E-state index contributed by atoms with van der Waals surface area (Å²) >= 11 is 0. The summed E-state index contributed by atoms with van der Waals surface area (Å²) < 4.78 is 1.86. The lowest BCUT2D eigenvalue weighted by atomic mass is 10.1. The van der Waals surface area contributed by atoms with E-state index in [1.165, 1.54) is 5.56 Å². The van der Waals surface area contributed by atoms with Crippen LogP contribution < -0.4 is 0 Å². The molecule has 1 aromatic carbocycles. The van der Waals surface area contributed by atoms with Crippen LogP contribution in [0.3, 0.4) is 0 Å². The number of benzene rings is 1. The molecule has 7 nitrogen and oxygen atoms in total. The molecule has 28 heavy (non-hydrogen) atoms. The normalized spacial score (nSPS) is 14.0. The molecule has 1 aromatic heterocycles. The van der Waals surface area contributed by atoms with Gasteiger partial charge in [0, 0.05) is 24.9 Å². The van der Waals surface area contributed by atoms with Gasteiger partial charge >= 0.3 is 5.97 Å². The second-order valence-corrected chi connectivity index (χ2v) is 7.11. The molecule has 0 radical (unpaired) electrons. The topological polar surface area (TPSA) is 77.3 Å². The summed E-state index contributed by atoms with van der Waals surface area (Å²) in [6, 6.07) is 8.23. The van der Waals surface area contributed by atoms with E-state index < -0.39 is 0 Å². The van der Waals surface area contributed by atoms with Crippen LogP contribution in [0.15, 0.2) is 42.7 Å². The second kappa shape index (κ2) is 9.30. The number of hydrogen-bond donors (Lipinski definition) is 0. The molecule has 0 unspecified atom stereocenters. The van der Waals surface area contributed by atoms with Crippen LogP contribution >= 0.6 is 0 Å². The van der Waals surface area contributed by atoms with Gasteiger partial charge in [-0.15, -0.1) is 10.2 Å². The molecule has 1 aliphatic rings. The van der Waals surface area contributed by atoms with Crippen molar-refractivity contribution in [1.82, 2.24) is 20.1 Å². The quantitative estimate of drug-likeness (QED) is 0.617. The number of hydrogen-bond acceptors (Lipinski definition) is 5. The van der Waals surface area contributed by atoms with Gasteiger partial charge < -0.3 is 4.84 Å². The first-order chi connectivity index (χ1) is 13.5. The molecule has 0 saturated carbocycles. The summed E-state index contributed by atoms with van der Waals surface area (Å²) in [5.74, 6) is -0.577. The Hall–Kier alpha value is -2.96. The lowest BCUT2D eigenvalue weighted by Gasteiger charge is -2.15.